The summed E-state index contributed by atoms with van der Waals surface area (Å²) in [4.78, 5) is 12.0. The van der Waals surface area contributed by atoms with Gasteiger partial charge in [-0.1, -0.05) is 6.92 Å². The smallest absolute Gasteiger partial charge is 0.303 e. The highest BCUT2D eigenvalue weighted by Crippen LogP contribution is 2.30. The monoisotopic (exact) mass is 177 g/mol. The molecule has 0 amide bonds. The van der Waals surface area contributed by atoms with Crippen molar-refractivity contribution < 1.29 is 13.6 Å². The quantitative estimate of drug-likeness (QED) is 0.603. The highest BCUT2D eigenvalue weighted by atomic mass is 19.3. The molecule has 0 spiro atoms. The maximum Gasteiger partial charge on any atom is 0.306 e. The zero-order valence-corrected chi connectivity index (χ0v) is 7.09. The van der Waals surface area contributed by atoms with Crippen molar-refractivity contribution in [1.29, 1.82) is 0 Å². The zero-order valence-electron chi connectivity index (χ0n) is 7.09. The van der Waals surface area contributed by atoms with Gasteiger partial charge in [0.1, 0.15) is 0 Å². The Bertz CT molecular complexity index is 172. The van der Waals surface area contributed by atoms with Crippen LogP contribution in [0.3, 0.4) is 0 Å². The number of carbonyl (C=O) groups excluding carboxylic acids is 1. The molecule has 1 aliphatic heterocycles. The predicted molar refractivity (Wildman–Crippen MR) is 41.2 cm³/mol. The van der Waals surface area contributed by atoms with Crippen molar-refractivity contribution in [2.75, 3.05) is 19.6 Å². The van der Waals surface area contributed by atoms with E-state index in [1.807, 2.05) is 11.8 Å². The van der Waals surface area contributed by atoms with E-state index in [4.69, 9.17) is 0 Å². The topological polar surface area (TPSA) is 20.3 Å². The minimum Gasteiger partial charge on any atom is -0.303 e. The molecule has 0 aliphatic carbocycles. The third-order valence-electron chi connectivity index (χ3n) is 2.42. The van der Waals surface area contributed by atoms with E-state index in [0.717, 1.165) is 6.54 Å². The van der Waals surface area contributed by atoms with Crippen molar-refractivity contribution in [2.24, 2.45) is 5.92 Å². The van der Waals surface area contributed by atoms with Crippen LogP contribution >= 0.6 is 0 Å². The van der Waals surface area contributed by atoms with Crippen LogP contribution in [0.1, 0.15) is 13.3 Å². The molecule has 2 nitrogen and oxygen atoms in total. The Hall–Kier alpha value is -0.510. The van der Waals surface area contributed by atoms with Gasteiger partial charge < -0.3 is 4.90 Å². The molecular formula is C8H13F2NO. The molecule has 0 bridgehead atoms. The minimum absolute atomic E-state index is 0.225. The first-order chi connectivity index (χ1) is 5.60. The number of carbonyl (C=O) groups is 1. The Balaban J connectivity index is 2.51. The lowest BCUT2D eigenvalue weighted by Gasteiger charge is -2.17. The van der Waals surface area contributed by atoms with E-state index in [9.17, 15) is 13.6 Å². The molecule has 0 radical (unpaired) electrons. The van der Waals surface area contributed by atoms with Crippen molar-refractivity contribution >= 4 is 6.29 Å². The number of likely N-dealkylation sites (tertiary alicyclic amines) is 1. The molecule has 0 N–H and O–H groups in total. The van der Waals surface area contributed by atoms with Crippen LogP contribution in [0.4, 0.5) is 8.78 Å². The summed E-state index contributed by atoms with van der Waals surface area (Å²) in [5.74, 6) is -3.89. The summed E-state index contributed by atoms with van der Waals surface area (Å²) in [6.45, 7) is 3.75. The SMILES string of the molecule is CCN1CCC(C(F)(F)C=O)C1. The van der Waals surface area contributed by atoms with E-state index < -0.39 is 11.8 Å². The van der Waals surface area contributed by atoms with Crippen LogP contribution in [0, 0.1) is 5.92 Å². The number of aldehydes is 1. The van der Waals surface area contributed by atoms with Crippen molar-refractivity contribution in [3.8, 4) is 0 Å². The lowest BCUT2D eigenvalue weighted by atomic mass is 10.0. The summed E-state index contributed by atoms with van der Waals surface area (Å²) in [6.07, 6.45) is 0.205. The summed E-state index contributed by atoms with van der Waals surface area (Å²) < 4.78 is 25.5. The molecule has 0 aromatic carbocycles. The number of alkyl halides is 2. The second-order valence-electron chi connectivity index (χ2n) is 3.17. The van der Waals surface area contributed by atoms with Gasteiger partial charge in [-0.2, -0.15) is 8.78 Å². The van der Waals surface area contributed by atoms with E-state index in [-0.39, 0.29) is 6.29 Å². The van der Waals surface area contributed by atoms with Gasteiger partial charge in [0.15, 0.2) is 6.29 Å². The van der Waals surface area contributed by atoms with Gasteiger partial charge >= 0.3 is 5.92 Å². The van der Waals surface area contributed by atoms with Crippen LogP contribution in [0.25, 0.3) is 0 Å². The first-order valence-electron chi connectivity index (χ1n) is 4.16. The van der Waals surface area contributed by atoms with Crippen molar-refractivity contribution in [3.05, 3.63) is 0 Å². The summed E-state index contributed by atoms with van der Waals surface area (Å²) in [5, 5.41) is 0. The third kappa shape index (κ3) is 1.80. The Morgan fingerprint density at radius 3 is 2.75 bits per heavy atom. The number of nitrogens with zero attached hydrogens (tertiary/aromatic N) is 1. The van der Waals surface area contributed by atoms with Crippen LogP contribution < -0.4 is 0 Å². The molecule has 1 heterocycles. The molecule has 0 saturated carbocycles. The molecule has 4 heteroatoms. The standard InChI is InChI=1S/C8H13F2NO/c1-2-11-4-3-7(5-11)8(9,10)6-12/h6-7H,2-5H2,1H3. The van der Waals surface area contributed by atoms with E-state index >= 15 is 0 Å². The summed E-state index contributed by atoms with van der Waals surface area (Å²) in [6, 6.07) is 0. The normalized spacial score (nSPS) is 26.1. The number of hydrogen-bond acceptors (Lipinski definition) is 2. The summed E-state index contributed by atoms with van der Waals surface area (Å²) in [5.41, 5.74) is 0. The maximum atomic E-state index is 12.8. The average Bonchev–Trinajstić information content (AvgIpc) is 2.52. The van der Waals surface area contributed by atoms with Crippen molar-refractivity contribution in [3.63, 3.8) is 0 Å². The molecule has 1 atom stereocenters. The Morgan fingerprint density at radius 2 is 2.33 bits per heavy atom. The molecule has 0 aromatic heterocycles. The van der Waals surface area contributed by atoms with Gasteiger partial charge in [-0.25, -0.2) is 0 Å². The van der Waals surface area contributed by atoms with E-state index in [2.05, 4.69) is 0 Å². The number of rotatable bonds is 3. The van der Waals surface area contributed by atoms with Crippen LogP contribution in [0.2, 0.25) is 0 Å². The second kappa shape index (κ2) is 3.47. The Kier molecular flexibility index (Phi) is 2.77. The van der Waals surface area contributed by atoms with Crippen LogP contribution in [-0.4, -0.2) is 36.7 Å². The summed E-state index contributed by atoms with van der Waals surface area (Å²) >= 11 is 0. The Labute approximate surface area is 70.5 Å². The molecule has 12 heavy (non-hydrogen) atoms. The van der Waals surface area contributed by atoms with E-state index in [1.165, 1.54) is 0 Å². The van der Waals surface area contributed by atoms with Gasteiger partial charge in [0, 0.05) is 12.5 Å². The van der Waals surface area contributed by atoms with Crippen LogP contribution in [0.5, 0.6) is 0 Å². The molecule has 1 unspecified atom stereocenters. The predicted octanol–water partition coefficient (Wildman–Crippen LogP) is 1.16. The molecule has 1 aliphatic rings. The first-order valence-corrected chi connectivity index (χ1v) is 4.16. The highest BCUT2D eigenvalue weighted by molar-refractivity contribution is 5.60. The molecule has 0 aromatic rings. The maximum absolute atomic E-state index is 12.8. The number of hydrogen-bond donors (Lipinski definition) is 0. The summed E-state index contributed by atoms with van der Waals surface area (Å²) in [7, 11) is 0. The van der Waals surface area contributed by atoms with Gasteiger partial charge in [-0.3, -0.25) is 4.79 Å². The molecule has 70 valence electrons. The second-order valence-corrected chi connectivity index (χ2v) is 3.17. The average molecular weight is 177 g/mol. The first kappa shape index (κ1) is 9.58. The molecule has 1 saturated heterocycles. The van der Waals surface area contributed by atoms with Gasteiger partial charge in [0.2, 0.25) is 0 Å². The van der Waals surface area contributed by atoms with E-state index in [0.29, 0.717) is 19.5 Å². The molecule has 1 rings (SSSR count). The van der Waals surface area contributed by atoms with Crippen molar-refractivity contribution in [2.45, 2.75) is 19.3 Å². The third-order valence-corrected chi connectivity index (χ3v) is 2.42. The number of halogens is 2. The van der Waals surface area contributed by atoms with E-state index in [1.54, 1.807) is 0 Å². The van der Waals surface area contributed by atoms with Gasteiger partial charge in [-0.15, -0.1) is 0 Å². The van der Waals surface area contributed by atoms with Crippen LogP contribution in [0.15, 0.2) is 0 Å². The largest absolute Gasteiger partial charge is 0.306 e. The van der Waals surface area contributed by atoms with Gasteiger partial charge in [0.25, 0.3) is 0 Å². The highest BCUT2D eigenvalue weighted by Gasteiger charge is 2.42. The van der Waals surface area contributed by atoms with Crippen molar-refractivity contribution in [1.82, 2.24) is 4.90 Å². The minimum atomic E-state index is -3.12. The van der Waals surface area contributed by atoms with Gasteiger partial charge in [-0.05, 0) is 19.5 Å². The van der Waals surface area contributed by atoms with Gasteiger partial charge in [0.05, 0.1) is 0 Å². The van der Waals surface area contributed by atoms with Crippen LogP contribution in [-0.2, 0) is 4.79 Å². The fraction of sp³-hybridized carbons (Fsp3) is 0.875. The Morgan fingerprint density at radius 1 is 1.67 bits per heavy atom. The fourth-order valence-electron chi connectivity index (χ4n) is 1.53. The lowest BCUT2D eigenvalue weighted by Crippen LogP contribution is -2.32. The zero-order chi connectivity index (χ0) is 9.19. The lowest BCUT2D eigenvalue weighted by molar-refractivity contribution is -0.136. The molecule has 1 fully saturated rings. The fourth-order valence-corrected chi connectivity index (χ4v) is 1.53. The molecular weight excluding hydrogens is 164 g/mol.